The minimum atomic E-state index is -0.381. The van der Waals surface area contributed by atoms with Crippen molar-refractivity contribution >= 4 is 24.2 Å². The van der Waals surface area contributed by atoms with Crippen molar-refractivity contribution in [1.82, 2.24) is 10.2 Å². The third-order valence-corrected chi connectivity index (χ3v) is 5.28. The number of likely N-dealkylation sites (tertiary alicyclic amines) is 1. The number of nitrogens with one attached hydrogen (secondary N) is 1. The molecule has 140 valence electrons. The molecule has 2 rings (SSSR count). The number of rotatable bonds is 5. The van der Waals surface area contributed by atoms with Gasteiger partial charge in [0.2, 0.25) is 5.91 Å². The number of nitrogens with two attached hydrogens (primary N) is 1. The van der Waals surface area contributed by atoms with E-state index in [1.807, 2.05) is 42.2 Å². The lowest BCUT2D eigenvalue weighted by Gasteiger charge is -2.37. The summed E-state index contributed by atoms with van der Waals surface area (Å²) in [4.78, 5) is 26.8. The fraction of sp³-hybridized carbons (Fsp3) is 0.579. The molecule has 1 fully saturated rings. The molecule has 5 nitrogen and oxygen atoms in total. The van der Waals surface area contributed by atoms with Crippen molar-refractivity contribution in [3.63, 3.8) is 0 Å². The summed E-state index contributed by atoms with van der Waals surface area (Å²) in [5.41, 5.74) is 6.17. The Morgan fingerprint density at radius 1 is 1.24 bits per heavy atom. The van der Waals surface area contributed by atoms with Gasteiger partial charge in [-0.25, -0.2) is 0 Å². The first kappa shape index (κ1) is 21.5. The third-order valence-electron chi connectivity index (χ3n) is 5.28. The number of hydrogen-bond acceptors (Lipinski definition) is 3. The van der Waals surface area contributed by atoms with E-state index in [1.54, 1.807) is 0 Å². The zero-order valence-corrected chi connectivity index (χ0v) is 16.1. The van der Waals surface area contributed by atoms with E-state index in [9.17, 15) is 9.59 Å². The maximum absolute atomic E-state index is 12.6. The molecule has 1 saturated heterocycles. The van der Waals surface area contributed by atoms with Crippen molar-refractivity contribution in [3.8, 4) is 0 Å². The summed E-state index contributed by atoms with van der Waals surface area (Å²) < 4.78 is 0. The molecule has 0 radical (unpaired) electrons. The van der Waals surface area contributed by atoms with E-state index in [1.165, 1.54) is 0 Å². The number of piperidine rings is 1. The molecule has 1 aromatic rings. The van der Waals surface area contributed by atoms with Gasteiger partial charge in [-0.3, -0.25) is 9.59 Å². The van der Waals surface area contributed by atoms with Crippen LogP contribution < -0.4 is 11.1 Å². The van der Waals surface area contributed by atoms with Gasteiger partial charge in [-0.2, -0.15) is 0 Å². The molecule has 0 aliphatic carbocycles. The van der Waals surface area contributed by atoms with Gasteiger partial charge in [-0.05, 0) is 37.8 Å². The fourth-order valence-corrected chi connectivity index (χ4v) is 2.92. The van der Waals surface area contributed by atoms with Crippen LogP contribution in [-0.4, -0.2) is 41.9 Å². The third kappa shape index (κ3) is 5.19. The van der Waals surface area contributed by atoms with Crippen LogP contribution in [0, 0.1) is 11.8 Å². The number of benzene rings is 1. The van der Waals surface area contributed by atoms with E-state index in [4.69, 9.17) is 5.73 Å². The molecule has 3 N–H and O–H groups in total. The lowest BCUT2D eigenvalue weighted by Crippen LogP contribution is -2.57. The minimum Gasteiger partial charge on any atom is -0.349 e. The van der Waals surface area contributed by atoms with Crippen molar-refractivity contribution in [2.75, 3.05) is 19.6 Å². The minimum absolute atomic E-state index is 0. The molecular formula is C19H30ClN3O2. The van der Waals surface area contributed by atoms with Gasteiger partial charge in [-0.1, -0.05) is 32.0 Å². The first-order chi connectivity index (χ1) is 11.4. The second kappa shape index (κ2) is 9.20. The van der Waals surface area contributed by atoms with E-state index in [0.29, 0.717) is 38.0 Å². The molecule has 1 aliphatic heterocycles. The molecule has 0 bridgehead atoms. The van der Waals surface area contributed by atoms with Crippen LogP contribution in [0.4, 0.5) is 0 Å². The second-order valence-electron chi connectivity index (χ2n) is 7.20. The summed E-state index contributed by atoms with van der Waals surface area (Å²) in [7, 11) is 0. The van der Waals surface area contributed by atoms with Gasteiger partial charge in [0.15, 0.2) is 0 Å². The van der Waals surface area contributed by atoms with E-state index in [0.717, 1.165) is 0 Å². The van der Waals surface area contributed by atoms with Crippen molar-refractivity contribution < 1.29 is 9.59 Å². The highest BCUT2D eigenvalue weighted by atomic mass is 35.5. The van der Waals surface area contributed by atoms with Gasteiger partial charge < -0.3 is 16.0 Å². The number of carbonyl (C=O) groups excluding carboxylic acids is 2. The molecule has 6 heteroatoms. The Labute approximate surface area is 156 Å². The summed E-state index contributed by atoms with van der Waals surface area (Å²) in [6, 6.07) is 9.30. The van der Waals surface area contributed by atoms with E-state index >= 15 is 0 Å². The van der Waals surface area contributed by atoms with Gasteiger partial charge in [-0.15, -0.1) is 12.4 Å². The van der Waals surface area contributed by atoms with Gasteiger partial charge in [0.05, 0.1) is 5.54 Å². The van der Waals surface area contributed by atoms with Gasteiger partial charge in [0, 0.05) is 31.1 Å². The smallest absolute Gasteiger partial charge is 0.253 e. The molecule has 2 amide bonds. The Balaban J connectivity index is 0.00000312. The van der Waals surface area contributed by atoms with Crippen molar-refractivity contribution in [1.29, 1.82) is 0 Å². The lowest BCUT2D eigenvalue weighted by molar-refractivity contribution is -0.128. The summed E-state index contributed by atoms with van der Waals surface area (Å²) in [6.45, 7) is 7.77. The van der Waals surface area contributed by atoms with Crippen molar-refractivity contribution in [2.45, 2.75) is 39.2 Å². The van der Waals surface area contributed by atoms with E-state index in [2.05, 4.69) is 19.2 Å². The summed E-state index contributed by atoms with van der Waals surface area (Å²) in [5.74, 6) is 0.326. The highest BCUT2D eigenvalue weighted by Crippen LogP contribution is 2.22. The average molecular weight is 368 g/mol. The highest BCUT2D eigenvalue weighted by molar-refractivity contribution is 5.94. The summed E-state index contributed by atoms with van der Waals surface area (Å²) in [5, 5.41) is 3.12. The summed E-state index contributed by atoms with van der Waals surface area (Å²) >= 11 is 0. The van der Waals surface area contributed by atoms with Crippen LogP contribution in [-0.2, 0) is 4.79 Å². The van der Waals surface area contributed by atoms with Gasteiger partial charge >= 0.3 is 0 Å². The van der Waals surface area contributed by atoms with Gasteiger partial charge in [0.1, 0.15) is 0 Å². The largest absolute Gasteiger partial charge is 0.349 e. The zero-order valence-electron chi connectivity index (χ0n) is 15.3. The molecular weight excluding hydrogens is 338 g/mol. The molecule has 0 aromatic heterocycles. The molecule has 1 unspecified atom stereocenters. The maximum atomic E-state index is 12.6. The molecule has 1 heterocycles. The Morgan fingerprint density at radius 2 is 1.80 bits per heavy atom. The predicted molar refractivity (Wildman–Crippen MR) is 103 cm³/mol. The molecule has 1 aliphatic rings. The number of hydrogen-bond donors (Lipinski definition) is 2. The molecule has 1 aromatic carbocycles. The normalized spacial score (nSPS) is 17.6. The topological polar surface area (TPSA) is 75.4 Å². The lowest BCUT2D eigenvalue weighted by atomic mass is 9.86. The van der Waals surface area contributed by atoms with E-state index in [-0.39, 0.29) is 41.6 Å². The predicted octanol–water partition coefficient (Wildman–Crippen LogP) is 2.45. The maximum Gasteiger partial charge on any atom is 0.253 e. The van der Waals surface area contributed by atoms with Crippen LogP contribution in [0.1, 0.15) is 44.0 Å². The Kier molecular flexibility index (Phi) is 7.90. The number of nitrogens with zero attached hydrogens (tertiary/aromatic N) is 1. The standard InChI is InChI=1S/C19H29N3O2.ClH/c1-14(2)19(3,13-20)21-17(23)15-9-11-22(12-10-15)18(24)16-7-5-4-6-8-16;/h4-8,14-15H,9-13,20H2,1-3H3,(H,21,23);1H. The van der Waals surface area contributed by atoms with Crippen LogP contribution in [0.5, 0.6) is 0 Å². The van der Waals surface area contributed by atoms with Crippen LogP contribution in [0.2, 0.25) is 0 Å². The van der Waals surface area contributed by atoms with Crippen LogP contribution >= 0.6 is 12.4 Å². The first-order valence-corrected chi connectivity index (χ1v) is 8.74. The molecule has 1 atom stereocenters. The quantitative estimate of drug-likeness (QED) is 0.839. The van der Waals surface area contributed by atoms with Crippen LogP contribution in [0.3, 0.4) is 0 Å². The fourth-order valence-electron chi connectivity index (χ4n) is 2.92. The van der Waals surface area contributed by atoms with Crippen molar-refractivity contribution in [3.05, 3.63) is 35.9 Å². The number of amides is 2. The molecule has 0 spiro atoms. The molecule has 25 heavy (non-hydrogen) atoms. The van der Waals surface area contributed by atoms with Gasteiger partial charge in [0.25, 0.3) is 5.91 Å². The Hall–Kier alpha value is -1.59. The SMILES string of the molecule is CC(C)C(C)(CN)NC(=O)C1CCN(C(=O)c2ccccc2)CC1.Cl. The van der Waals surface area contributed by atoms with Crippen LogP contribution in [0.15, 0.2) is 30.3 Å². The Bertz CT molecular complexity index is 571. The Morgan fingerprint density at radius 3 is 2.28 bits per heavy atom. The highest BCUT2D eigenvalue weighted by Gasteiger charge is 2.33. The van der Waals surface area contributed by atoms with E-state index < -0.39 is 0 Å². The average Bonchev–Trinajstić information content (AvgIpc) is 2.61. The zero-order chi connectivity index (χ0) is 17.7. The summed E-state index contributed by atoms with van der Waals surface area (Å²) in [6.07, 6.45) is 1.40. The van der Waals surface area contributed by atoms with Crippen molar-refractivity contribution in [2.24, 2.45) is 17.6 Å². The first-order valence-electron chi connectivity index (χ1n) is 8.74. The number of halogens is 1. The second-order valence-corrected chi connectivity index (χ2v) is 7.20. The monoisotopic (exact) mass is 367 g/mol. The molecule has 0 saturated carbocycles. The van der Waals surface area contributed by atoms with Crippen LogP contribution in [0.25, 0.3) is 0 Å². The number of carbonyl (C=O) groups is 2.